The number of aryl methyl sites for hydroxylation is 1. The number of anilines is 1. The molecule has 10 heteroatoms. The fourth-order valence-corrected chi connectivity index (χ4v) is 3.64. The van der Waals surface area contributed by atoms with Gasteiger partial charge in [-0.15, -0.1) is 0 Å². The minimum Gasteiger partial charge on any atom is -0.377 e. The molecule has 1 saturated heterocycles. The molecular formula is C20H20N8O2. The normalized spacial score (nSPS) is 18.7. The van der Waals surface area contributed by atoms with Crippen molar-refractivity contribution in [1.29, 1.82) is 0 Å². The summed E-state index contributed by atoms with van der Waals surface area (Å²) in [5.41, 5.74) is 3.25. The fourth-order valence-electron chi connectivity index (χ4n) is 3.64. The van der Waals surface area contributed by atoms with Gasteiger partial charge in [0, 0.05) is 35.3 Å². The first-order valence-corrected chi connectivity index (χ1v) is 9.63. The predicted octanol–water partition coefficient (Wildman–Crippen LogP) is 1.41. The first-order valence-electron chi connectivity index (χ1n) is 9.63. The lowest BCUT2D eigenvalue weighted by atomic mass is 10.1. The minimum atomic E-state index is -0.272. The second-order valence-electron chi connectivity index (χ2n) is 7.24. The summed E-state index contributed by atoms with van der Waals surface area (Å²) in [4.78, 5) is 25.3. The van der Waals surface area contributed by atoms with Gasteiger partial charge in [0.15, 0.2) is 0 Å². The predicted molar refractivity (Wildman–Crippen MR) is 109 cm³/mol. The minimum absolute atomic E-state index is 0.171. The third kappa shape index (κ3) is 3.11. The zero-order valence-electron chi connectivity index (χ0n) is 16.6. The molecule has 2 unspecified atom stereocenters. The molecule has 1 aliphatic heterocycles. The Bertz CT molecular complexity index is 1270. The summed E-state index contributed by atoms with van der Waals surface area (Å²) in [5, 5.41) is 12.4. The summed E-state index contributed by atoms with van der Waals surface area (Å²) in [7, 11) is 0. The third-order valence-corrected chi connectivity index (χ3v) is 5.40. The van der Waals surface area contributed by atoms with E-state index in [1.807, 2.05) is 26.0 Å². The molecule has 1 N–H and O–H groups in total. The highest BCUT2D eigenvalue weighted by Crippen LogP contribution is 2.25. The van der Waals surface area contributed by atoms with Crippen LogP contribution < -0.4 is 10.9 Å². The van der Waals surface area contributed by atoms with Crippen LogP contribution in [0.2, 0.25) is 0 Å². The SMILES string of the molecule is Cc1nc2ncnn2c(NC2COCC2n2nc(-c3ccncc3)ccc2=O)c1C. The Hall–Kier alpha value is -3.66. The third-order valence-electron chi connectivity index (χ3n) is 5.40. The van der Waals surface area contributed by atoms with Gasteiger partial charge in [-0.3, -0.25) is 9.78 Å². The zero-order valence-corrected chi connectivity index (χ0v) is 16.6. The number of pyridine rings is 1. The van der Waals surface area contributed by atoms with Crippen LogP contribution >= 0.6 is 0 Å². The molecule has 0 radical (unpaired) electrons. The highest BCUT2D eigenvalue weighted by Gasteiger charge is 2.32. The van der Waals surface area contributed by atoms with E-state index >= 15 is 0 Å². The Morgan fingerprint density at radius 1 is 1.13 bits per heavy atom. The van der Waals surface area contributed by atoms with E-state index in [4.69, 9.17) is 4.74 Å². The number of hydrogen-bond acceptors (Lipinski definition) is 8. The van der Waals surface area contributed by atoms with Crippen LogP contribution in [0.15, 0.2) is 47.8 Å². The molecule has 1 fully saturated rings. The second kappa shape index (κ2) is 7.30. The highest BCUT2D eigenvalue weighted by atomic mass is 16.5. The molecule has 4 aromatic rings. The standard InChI is InChI=1S/C20H20N8O2/c1-12-13(2)24-20-22-11-23-28(20)19(12)25-16-9-30-10-17(16)27-18(29)4-3-15(26-27)14-5-7-21-8-6-14/h3-8,11,16-17,25H,9-10H2,1-2H3. The maximum atomic E-state index is 12.6. The van der Waals surface area contributed by atoms with Crippen LogP contribution in [0.4, 0.5) is 5.82 Å². The van der Waals surface area contributed by atoms with Gasteiger partial charge in [-0.25, -0.2) is 9.67 Å². The van der Waals surface area contributed by atoms with Crippen molar-refractivity contribution in [3.63, 3.8) is 0 Å². The molecule has 0 aromatic carbocycles. The van der Waals surface area contributed by atoms with E-state index in [9.17, 15) is 4.79 Å². The monoisotopic (exact) mass is 404 g/mol. The lowest BCUT2D eigenvalue weighted by Crippen LogP contribution is -2.38. The molecule has 0 bridgehead atoms. The number of ether oxygens (including phenoxy) is 1. The number of nitrogens with zero attached hydrogens (tertiary/aromatic N) is 7. The molecule has 30 heavy (non-hydrogen) atoms. The maximum Gasteiger partial charge on any atom is 0.267 e. The molecule has 0 saturated carbocycles. The van der Waals surface area contributed by atoms with Gasteiger partial charge in [-0.05, 0) is 32.0 Å². The van der Waals surface area contributed by atoms with Crippen molar-refractivity contribution >= 4 is 11.6 Å². The molecule has 5 rings (SSSR count). The van der Waals surface area contributed by atoms with E-state index in [1.54, 1.807) is 23.0 Å². The number of fused-ring (bicyclic) bond motifs is 1. The molecule has 4 aromatic heterocycles. The van der Waals surface area contributed by atoms with Gasteiger partial charge < -0.3 is 10.1 Å². The first-order chi connectivity index (χ1) is 14.6. The Morgan fingerprint density at radius 2 is 1.97 bits per heavy atom. The maximum absolute atomic E-state index is 12.6. The second-order valence-corrected chi connectivity index (χ2v) is 7.24. The fraction of sp³-hybridized carbons (Fsp3) is 0.300. The van der Waals surface area contributed by atoms with Crippen LogP contribution in [0.3, 0.4) is 0 Å². The van der Waals surface area contributed by atoms with E-state index < -0.39 is 0 Å². The lowest BCUT2D eigenvalue weighted by Gasteiger charge is -2.23. The average Bonchev–Trinajstić information content (AvgIpc) is 3.41. The topological polar surface area (TPSA) is 112 Å². The highest BCUT2D eigenvalue weighted by molar-refractivity contribution is 5.57. The van der Waals surface area contributed by atoms with Crippen LogP contribution in [0.5, 0.6) is 0 Å². The van der Waals surface area contributed by atoms with Gasteiger partial charge in [-0.1, -0.05) is 0 Å². The summed E-state index contributed by atoms with van der Waals surface area (Å²) in [5.74, 6) is 1.31. The molecule has 0 spiro atoms. The summed E-state index contributed by atoms with van der Waals surface area (Å²) < 4.78 is 8.90. The van der Waals surface area contributed by atoms with Crippen LogP contribution in [0, 0.1) is 13.8 Å². The van der Waals surface area contributed by atoms with Crippen molar-refractivity contribution in [2.45, 2.75) is 25.9 Å². The molecule has 0 amide bonds. The van der Waals surface area contributed by atoms with Crippen molar-refractivity contribution in [2.75, 3.05) is 18.5 Å². The molecule has 1 aliphatic rings. The van der Waals surface area contributed by atoms with Crippen molar-refractivity contribution in [2.24, 2.45) is 0 Å². The van der Waals surface area contributed by atoms with Gasteiger partial charge in [0.2, 0.25) is 0 Å². The van der Waals surface area contributed by atoms with E-state index in [1.165, 1.54) is 17.1 Å². The molecule has 10 nitrogen and oxygen atoms in total. The quantitative estimate of drug-likeness (QED) is 0.543. The average molecular weight is 404 g/mol. The zero-order chi connectivity index (χ0) is 20.7. The molecule has 5 heterocycles. The van der Waals surface area contributed by atoms with Crippen molar-refractivity contribution in [3.8, 4) is 11.3 Å². The Morgan fingerprint density at radius 3 is 2.80 bits per heavy atom. The summed E-state index contributed by atoms with van der Waals surface area (Å²) >= 11 is 0. The van der Waals surface area contributed by atoms with E-state index in [-0.39, 0.29) is 17.6 Å². The van der Waals surface area contributed by atoms with Crippen LogP contribution in [0.1, 0.15) is 17.3 Å². The van der Waals surface area contributed by atoms with E-state index in [0.717, 1.165) is 22.6 Å². The molecule has 152 valence electrons. The van der Waals surface area contributed by atoms with Crippen LogP contribution in [0.25, 0.3) is 17.0 Å². The summed E-state index contributed by atoms with van der Waals surface area (Å²) in [6, 6.07) is 6.55. The lowest BCUT2D eigenvalue weighted by molar-refractivity contribution is 0.183. The Labute approximate surface area is 171 Å². The van der Waals surface area contributed by atoms with Crippen LogP contribution in [-0.2, 0) is 4.74 Å². The number of nitrogens with one attached hydrogen (secondary N) is 1. The number of rotatable bonds is 4. The van der Waals surface area contributed by atoms with Gasteiger partial charge in [0.1, 0.15) is 18.2 Å². The Kier molecular flexibility index (Phi) is 4.47. The van der Waals surface area contributed by atoms with Crippen molar-refractivity contribution in [1.82, 2.24) is 34.3 Å². The van der Waals surface area contributed by atoms with Crippen molar-refractivity contribution in [3.05, 3.63) is 64.6 Å². The Balaban J connectivity index is 1.52. The van der Waals surface area contributed by atoms with Crippen LogP contribution in [-0.4, -0.2) is 53.6 Å². The smallest absolute Gasteiger partial charge is 0.267 e. The number of aromatic nitrogens is 7. The molecule has 2 atom stereocenters. The number of hydrogen-bond donors (Lipinski definition) is 1. The molecule has 0 aliphatic carbocycles. The van der Waals surface area contributed by atoms with Gasteiger partial charge in [0.05, 0.1) is 24.9 Å². The van der Waals surface area contributed by atoms with E-state index in [2.05, 4.69) is 30.5 Å². The van der Waals surface area contributed by atoms with E-state index in [0.29, 0.717) is 24.7 Å². The summed E-state index contributed by atoms with van der Waals surface area (Å²) in [6.07, 6.45) is 4.88. The first kappa shape index (κ1) is 18.4. The van der Waals surface area contributed by atoms with Gasteiger partial charge in [0.25, 0.3) is 11.3 Å². The van der Waals surface area contributed by atoms with Crippen molar-refractivity contribution < 1.29 is 4.74 Å². The van der Waals surface area contributed by atoms with Gasteiger partial charge >= 0.3 is 0 Å². The van der Waals surface area contributed by atoms with Gasteiger partial charge in [-0.2, -0.15) is 19.7 Å². The molecular weight excluding hydrogens is 384 g/mol. The largest absolute Gasteiger partial charge is 0.377 e. The summed E-state index contributed by atoms with van der Waals surface area (Å²) in [6.45, 7) is 4.73.